The molecule has 9 nitrogen and oxygen atoms in total. The maximum Gasteiger partial charge on any atom is 0.414 e. The van der Waals surface area contributed by atoms with E-state index in [9.17, 15) is 4.79 Å². The van der Waals surface area contributed by atoms with Gasteiger partial charge in [0.2, 0.25) is 0 Å². The van der Waals surface area contributed by atoms with E-state index in [0.29, 0.717) is 0 Å². The summed E-state index contributed by atoms with van der Waals surface area (Å²) in [5.41, 5.74) is 1.23. The minimum absolute atomic E-state index is 0.0462. The highest BCUT2D eigenvalue weighted by atomic mass is 16.5. The van der Waals surface area contributed by atoms with Gasteiger partial charge in [-0.15, -0.1) is 0 Å². The molecule has 0 radical (unpaired) electrons. The first-order valence-corrected chi connectivity index (χ1v) is 9.66. The molecule has 2 aromatic rings. The van der Waals surface area contributed by atoms with Crippen molar-refractivity contribution in [3.05, 3.63) is 60.2 Å². The number of methoxy groups -OCH3 is 1. The number of ether oxygens (including phenoxy) is 2. The number of piperazine rings is 1. The van der Waals surface area contributed by atoms with E-state index in [2.05, 4.69) is 17.0 Å². The standard InChI is InChI=1S/C20H24N2O3.C2H2O4/c1-24-19-9-5-6-17(14-19)15-21-10-12-22(13-11-21)20(23)16-25-18-7-3-2-4-8-18;3-1(4)2(5)6/h2-9,14H,10-13,15-16H2,1H3;(H,3,4)(H,5,6). The molecule has 1 heterocycles. The van der Waals surface area contributed by atoms with E-state index in [0.717, 1.165) is 44.2 Å². The third kappa shape index (κ3) is 8.35. The molecular formula is C22H26N2O7. The highest BCUT2D eigenvalue weighted by Crippen LogP contribution is 2.15. The van der Waals surface area contributed by atoms with Crippen molar-refractivity contribution in [3.63, 3.8) is 0 Å². The fourth-order valence-corrected chi connectivity index (χ4v) is 2.94. The molecule has 0 aliphatic carbocycles. The molecule has 2 aromatic carbocycles. The van der Waals surface area contributed by atoms with Crippen LogP contribution in [0.5, 0.6) is 11.5 Å². The fraction of sp³-hybridized carbons (Fsp3) is 0.318. The van der Waals surface area contributed by atoms with E-state index in [4.69, 9.17) is 29.3 Å². The summed E-state index contributed by atoms with van der Waals surface area (Å²) in [6, 6.07) is 17.6. The van der Waals surface area contributed by atoms with E-state index in [1.807, 2.05) is 47.4 Å². The van der Waals surface area contributed by atoms with Gasteiger partial charge in [-0.3, -0.25) is 9.69 Å². The van der Waals surface area contributed by atoms with Crippen molar-refractivity contribution in [3.8, 4) is 11.5 Å². The van der Waals surface area contributed by atoms with Gasteiger partial charge in [0.1, 0.15) is 11.5 Å². The number of hydrogen-bond acceptors (Lipinski definition) is 6. The second-order valence-electron chi connectivity index (χ2n) is 6.72. The number of carbonyl (C=O) groups is 3. The van der Waals surface area contributed by atoms with Gasteiger partial charge in [0.15, 0.2) is 6.61 Å². The summed E-state index contributed by atoms with van der Waals surface area (Å²) in [5.74, 6) is -1.99. The van der Waals surface area contributed by atoms with Gasteiger partial charge in [-0.05, 0) is 29.8 Å². The van der Waals surface area contributed by atoms with Crippen LogP contribution in [0.25, 0.3) is 0 Å². The van der Waals surface area contributed by atoms with Crippen LogP contribution >= 0.6 is 0 Å². The van der Waals surface area contributed by atoms with Crippen LogP contribution in [0.2, 0.25) is 0 Å². The Labute approximate surface area is 180 Å². The van der Waals surface area contributed by atoms with Gasteiger partial charge in [0.25, 0.3) is 5.91 Å². The Morgan fingerprint density at radius 1 is 0.871 bits per heavy atom. The van der Waals surface area contributed by atoms with Crippen LogP contribution < -0.4 is 9.47 Å². The van der Waals surface area contributed by atoms with Crippen molar-refractivity contribution in [2.45, 2.75) is 6.54 Å². The summed E-state index contributed by atoms with van der Waals surface area (Å²) in [7, 11) is 1.68. The van der Waals surface area contributed by atoms with Crippen LogP contribution in [0, 0.1) is 0 Å². The molecule has 0 bridgehead atoms. The summed E-state index contributed by atoms with van der Waals surface area (Å²) >= 11 is 0. The maximum absolute atomic E-state index is 12.3. The molecular weight excluding hydrogens is 404 g/mol. The summed E-state index contributed by atoms with van der Waals surface area (Å²) in [5, 5.41) is 14.8. The average molecular weight is 430 g/mol. The third-order valence-corrected chi connectivity index (χ3v) is 4.55. The molecule has 2 N–H and O–H groups in total. The number of carboxylic acids is 2. The predicted octanol–water partition coefficient (Wildman–Crippen LogP) is 1.57. The minimum atomic E-state index is -1.82. The van der Waals surface area contributed by atoms with Crippen molar-refractivity contribution in [1.82, 2.24) is 9.80 Å². The minimum Gasteiger partial charge on any atom is -0.497 e. The van der Waals surface area contributed by atoms with E-state index in [1.54, 1.807) is 7.11 Å². The summed E-state index contributed by atoms with van der Waals surface area (Å²) in [4.78, 5) is 34.7. The van der Waals surface area contributed by atoms with E-state index < -0.39 is 11.9 Å². The molecule has 9 heteroatoms. The van der Waals surface area contributed by atoms with Crippen LogP contribution in [0.3, 0.4) is 0 Å². The second-order valence-corrected chi connectivity index (χ2v) is 6.72. The number of hydrogen-bond donors (Lipinski definition) is 2. The number of aliphatic carboxylic acids is 2. The number of amides is 1. The number of rotatable bonds is 6. The molecule has 3 rings (SSSR count). The van der Waals surface area contributed by atoms with Crippen molar-refractivity contribution in [2.24, 2.45) is 0 Å². The van der Waals surface area contributed by atoms with Gasteiger partial charge >= 0.3 is 11.9 Å². The van der Waals surface area contributed by atoms with Crippen molar-refractivity contribution >= 4 is 17.8 Å². The number of benzene rings is 2. The Balaban J connectivity index is 0.000000501. The number of carboxylic acid groups (broad SMARTS) is 2. The lowest BCUT2D eigenvalue weighted by Crippen LogP contribution is -2.49. The number of carbonyl (C=O) groups excluding carboxylic acids is 1. The zero-order valence-electron chi connectivity index (χ0n) is 17.3. The smallest absolute Gasteiger partial charge is 0.414 e. The zero-order chi connectivity index (χ0) is 22.6. The Bertz CT molecular complexity index is 853. The molecule has 166 valence electrons. The van der Waals surface area contributed by atoms with E-state index in [-0.39, 0.29) is 12.5 Å². The molecule has 0 atom stereocenters. The highest BCUT2D eigenvalue weighted by molar-refractivity contribution is 6.27. The molecule has 1 aliphatic rings. The van der Waals surface area contributed by atoms with E-state index in [1.165, 1.54) is 5.56 Å². The number of para-hydroxylation sites is 1. The summed E-state index contributed by atoms with van der Waals surface area (Å²) in [6.07, 6.45) is 0. The molecule has 1 aliphatic heterocycles. The lowest BCUT2D eigenvalue weighted by molar-refractivity contribution is -0.159. The van der Waals surface area contributed by atoms with Gasteiger partial charge in [-0.2, -0.15) is 0 Å². The molecule has 0 spiro atoms. The predicted molar refractivity (Wildman–Crippen MR) is 112 cm³/mol. The largest absolute Gasteiger partial charge is 0.497 e. The SMILES string of the molecule is COc1cccc(CN2CCN(C(=O)COc3ccccc3)CC2)c1.O=C(O)C(=O)O. The Morgan fingerprint density at radius 3 is 2.06 bits per heavy atom. The Morgan fingerprint density at radius 2 is 1.48 bits per heavy atom. The average Bonchev–Trinajstić information content (AvgIpc) is 2.79. The lowest BCUT2D eigenvalue weighted by atomic mass is 10.2. The van der Waals surface area contributed by atoms with Crippen LogP contribution in [-0.4, -0.2) is 77.8 Å². The normalized spacial score (nSPS) is 13.5. The molecule has 1 amide bonds. The topological polar surface area (TPSA) is 117 Å². The molecule has 1 saturated heterocycles. The first-order valence-electron chi connectivity index (χ1n) is 9.66. The molecule has 1 fully saturated rings. The monoisotopic (exact) mass is 430 g/mol. The third-order valence-electron chi connectivity index (χ3n) is 4.55. The van der Waals surface area contributed by atoms with Gasteiger partial charge in [-0.25, -0.2) is 9.59 Å². The van der Waals surface area contributed by atoms with Crippen molar-refractivity contribution in [1.29, 1.82) is 0 Å². The summed E-state index contributed by atoms with van der Waals surface area (Å²) < 4.78 is 10.8. The van der Waals surface area contributed by atoms with Crippen molar-refractivity contribution in [2.75, 3.05) is 39.9 Å². The first-order chi connectivity index (χ1) is 14.9. The first kappa shape index (κ1) is 23.7. The van der Waals surface area contributed by atoms with Gasteiger partial charge in [-0.1, -0.05) is 30.3 Å². The Hall–Kier alpha value is -3.59. The molecule has 0 aromatic heterocycles. The molecule has 0 saturated carbocycles. The van der Waals surface area contributed by atoms with Crippen LogP contribution in [0.1, 0.15) is 5.56 Å². The van der Waals surface area contributed by atoms with Gasteiger partial charge < -0.3 is 24.6 Å². The van der Waals surface area contributed by atoms with Crippen LogP contribution in [0.15, 0.2) is 54.6 Å². The Kier molecular flexibility index (Phi) is 9.31. The maximum atomic E-state index is 12.3. The highest BCUT2D eigenvalue weighted by Gasteiger charge is 2.21. The molecule has 31 heavy (non-hydrogen) atoms. The van der Waals surface area contributed by atoms with Crippen molar-refractivity contribution < 1.29 is 34.1 Å². The van der Waals surface area contributed by atoms with Crippen LogP contribution in [0.4, 0.5) is 0 Å². The zero-order valence-corrected chi connectivity index (χ0v) is 17.3. The quantitative estimate of drug-likeness (QED) is 0.664. The fourth-order valence-electron chi connectivity index (χ4n) is 2.94. The van der Waals surface area contributed by atoms with E-state index >= 15 is 0 Å². The lowest BCUT2D eigenvalue weighted by Gasteiger charge is -2.34. The van der Waals surface area contributed by atoms with Gasteiger partial charge in [0, 0.05) is 32.7 Å². The number of nitrogens with zero attached hydrogens (tertiary/aromatic N) is 2. The van der Waals surface area contributed by atoms with Gasteiger partial charge in [0.05, 0.1) is 7.11 Å². The molecule has 0 unspecified atom stereocenters. The summed E-state index contributed by atoms with van der Waals surface area (Å²) in [6.45, 7) is 4.18. The van der Waals surface area contributed by atoms with Crippen LogP contribution in [-0.2, 0) is 20.9 Å². The second kappa shape index (κ2) is 12.2.